The Hall–Kier alpha value is -2.09. The predicted molar refractivity (Wildman–Crippen MR) is 97.6 cm³/mol. The number of carbonyl (C=O) groups excluding carboxylic acids is 1. The van der Waals surface area contributed by atoms with Crippen LogP contribution >= 0.6 is 11.6 Å². The molecule has 0 saturated heterocycles. The second-order valence-corrected chi connectivity index (χ2v) is 7.54. The van der Waals surface area contributed by atoms with Crippen molar-refractivity contribution in [2.24, 2.45) is 0 Å². The van der Waals surface area contributed by atoms with E-state index in [1.807, 2.05) is 6.92 Å². The highest BCUT2D eigenvalue weighted by atomic mass is 35.5. The lowest BCUT2D eigenvalue weighted by molar-refractivity contribution is -0.114. The van der Waals surface area contributed by atoms with Gasteiger partial charge in [0.25, 0.3) is 0 Å². The first kappa shape index (κ1) is 19.2. The second kappa shape index (κ2) is 8.33. The number of ether oxygens (including phenoxy) is 1. The van der Waals surface area contributed by atoms with Gasteiger partial charge in [-0.1, -0.05) is 11.6 Å². The van der Waals surface area contributed by atoms with Crippen molar-refractivity contribution >= 4 is 33.2 Å². The Bertz CT molecular complexity index is 851. The van der Waals surface area contributed by atoms with Crippen LogP contribution in [-0.2, 0) is 14.8 Å². The lowest BCUT2D eigenvalue weighted by Crippen LogP contribution is -2.28. The Labute approximate surface area is 152 Å². The number of rotatable bonds is 7. The van der Waals surface area contributed by atoms with E-state index in [4.69, 9.17) is 16.3 Å². The SMILES string of the molecule is CC(=O)Nc1ccc(S(=O)(=O)NCCOc2ccc(Cl)c(C)c2)cc1. The van der Waals surface area contributed by atoms with Crippen LogP contribution in [0.4, 0.5) is 5.69 Å². The molecule has 0 heterocycles. The fourth-order valence-electron chi connectivity index (χ4n) is 2.06. The Morgan fingerprint density at radius 1 is 1.16 bits per heavy atom. The fraction of sp³-hybridized carbons (Fsp3) is 0.235. The zero-order valence-corrected chi connectivity index (χ0v) is 15.4. The van der Waals surface area contributed by atoms with Crippen LogP contribution in [-0.4, -0.2) is 27.5 Å². The predicted octanol–water partition coefficient (Wildman–Crippen LogP) is 2.96. The summed E-state index contributed by atoms with van der Waals surface area (Å²) in [5.74, 6) is 0.407. The van der Waals surface area contributed by atoms with Crippen LogP contribution in [0.15, 0.2) is 47.4 Å². The standard InChI is InChI=1S/C17H19ClN2O4S/c1-12-11-15(5-8-17(12)18)24-10-9-19-25(22,23)16-6-3-14(4-7-16)20-13(2)21/h3-8,11,19H,9-10H2,1-2H3,(H,20,21). The van der Waals surface area contributed by atoms with Crippen molar-refractivity contribution in [3.8, 4) is 5.75 Å². The molecule has 0 saturated carbocycles. The third kappa shape index (κ3) is 5.74. The summed E-state index contributed by atoms with van der Waals surface area (Å²) in [6, 6.07) is 11.2. The van der Waals surface area contributed by atoms with Crippen LogP contribution in [0.3, 0.4) is 0 Å². The van der Waals surface area contributed by atoms with Crippen LogP contribution in [0.2, 0.25) is 5.02 Å². The molecule has 1 amide bonds. The van der Waals surface area contributed by atoms with E-state index >= 15 is 0 Å². The number of benzene rings is 2. The molecule has 0 radical (unpaired) electrons. The third-order valence-corrected chi connectivity index (χ3v) is 5.18. The van der Waals surface area contributed by atoms with Crippen LogP contribution in [0.5, 0.6) is 5.75 Å². The number of nitrogens with one attached hydrogen (secondary N) is 2. The molecule has 2 rings (SSSR count). The van der Waals surface area contributed by atoms with Gasteiger partial charge in [0.05, 0.1) is 4.90 Å². The van der Waals surface area contributed by atoms with Gasteiger partial charge < -0.3 is 10.1 Å². The van der Waals surface area contributed by atoms with Gasteiger partial charge in [0.15, 0.2) is 0 Å². The number of hydrogen-bond donors (Lipinski definition) is 2. The minimum absolute atomic E-state index is 0.115. The lowest BCUT2D eigenvalue weighted by atomic mass is 10.2. The summed E-state index contributed by atoms with van der Waals surface area (Å²) < 4.78 is 32.4. The number of amides is 1. The molecule has 8 heteroatoms. The van der Waals surface area contributed by atoms with Crippen molar-refractivity contribution in [1.29, 1.82) is 0 Å². The molecule has 25 heavy (non-hydrogen) atoms. The Balaban J connectivity index is 1.88. The zero-order chi connectivity index (χ0) is 18.4. The quantitative estimate of drug-likeness (QED) is 0.721. The highest BCUT2D eigenvalue weighted by molar-refractivity contribution is 7.89. The van der Waals surface area contributed by atoms with E-state index in [0.29, 0.717) is 16.5 Å². The topological polar surface area (TPSA) is 84.5 Å². The van der Waals surface area contributed by atoms with Crippen LogP contribution in [0.1, 0.15) is 12.5 Å². The molecule has 0 aliphatic rings. The second-order valence-electron chi connectivity index (χ2n) is 5.36. The summed E-state index contributed by atoms with van der Waals surface area (Å²) in [7, 11) is -3.64. The van der Waals surface area contributed by atoms with E-state index in [1.165, 1.54) is 31.2 Å². The van der Waals surface area contributed by atoms with Gasteiger partial charge in [0.2, 0.25) is 15.9 Å². The van der Waals surface area contributed by atoms with E-state index in [0.717, 1.165) is 5.56 Å². The molecule has 0 unspecified atom stereocenters. The van der Waals surface area contributed by atoms with E-state index in [1.54, 1.807) is 18.2 Å². The maximum absolute atomic E-state index is 12.2. The van der Waals surface area contributed by atoms with Crippen molar-refractivity contribution in [1.82, 2.24) is 4.72 Å². The van der Waals surface area contributed by atoms with Gasteiger partial charge in [-0.2, -0.15) is 0 Å². The summed E-state index contributed by atoms with van der Waals surface area (Å²) in [4.78, 5) is 11.1. The Morgan fingerprint density at radius 3 is 2.44 bits per heavy atom. The minimum atomic E-state index is -3.64. The summed E-state index contributed by atoms with van der Waals surface area (Å²) >= 11 is 5.94. The van der Waals surface area contributed by atoms with Crippen LogP contribution in [0.25, 0.3) is 0 Å². The third-order valence-electron chi connectivity index (χ3n) is 3.28. The van der Waals surface area contributed by atoms with E-state index in [-0.39, 0.29) is 24.0 Å². The smallest absolute Gasteiger partial charge is 0.240 e. The van der Waals surface area contributed by atoms with Crippen LogP contribution < -0.4 is 14.8 Å². The van der Waals surface area contributed by atoms with Crippen molar-refractivity contribution in [2.75, 3.05) is 18.5 Å². The highest BCUT2D eigenvalue weighted by Gasteiger charge is 2.13. The molecule has 0 atom stereocenters. The summed E-state index contributed by atoms with van der Waals surface area (Å²) in [5, 5.41) is 3.23. The molecule has 0 aliphatic carbocycles. The monoisotopic (exact) mass is 382 g/mol. The summed E-state index contributed by atoms with van der Waals surface area (Å²) in [6.07, 6.45) is 0. The van der Waals surface area contributed by atoms with Gasteiger partial charge in [0.1, 0.15) is 12.4 Å². The molecule has 0 aromatic heterocycles. The largest absolute Gasteiger partial charge is 0.492 e. The average Bonchev–Trinajstić information content (AvgIpc) is 2.55. The van der Waals surface area contributed by atoms with E-state index < -0.39 is 10.0 Å². The van der Waals surface area contributed by atoms with Gasteiger partial charge in [0, 0.05) is 24.2 Å². The molecule has 0 spiro atoms. The molecule has 6 nitrogen and oxygen atoms in total. The minimum Gasteiger partial charge on any atom is -0.492 e. The number of anilines is 1. The number of sulfonamides is 1. The first-order valence-electron chi connectivity index (χ1n) is 7.54. The Morgan fingerprint density at radius 2 is 1.84 bits per heavy atom. The number of aryl methyl sites for hydroxylation is 1. The number of halogens is 1. The van der Waals surface area contributed by atoms with E-state index in [2.05, 4.69) is 10.0 Å². The van der Waals surface area contributed by atoms with Crippen molar-refractivity contribution in [3.05, 3.63) is 53.1 Å². The number of hydrogen-bond acceptors (Lipinski definition) is 4. The fourth-order valence-corrected chi connectivity index (χ4v) is 3.19. The van der Waals surface area contributed by atoms with Crippen molar-refractivity contribution in [3.63, 3.8) is 0 Å². The molecule has 0 aliphatic heterocycles. The molecule has 2 aromatic carbocycles. The zero-order valence-electron chi connectivity index (χ0n) is 13.9. The Kier molecular flexibility index (Phi) is 6.41. The molecule has 0 bridgehead atoms. The summed E-state index contributed by atoms with van der Waals surface area (Å²) in [5.41, 5.74) is 1.42. The van der Waals surface area contributed by atoms with E-state index in [9.17, 15) is 13.2 Å². The molecular weight excluding hydrogens is 364 g/mol. The van der Waals surface area contributed by atoms with Gasteiger partial charge in [-0.3, -0.25) is 4.79 Å². The van der Waals surface area contributed by atoms with Gasteiger partial charge in [-0.15, -0.1) is 0 Å². The van der Waals surface area contributed by atoms with Gasteiger partial charge in [-0.05, 0) is 55.0 Å². The van der Waals surface area contributed by atoms with Gasteiger partial charge >= 0.3 is 0 Å². The number of carbonyl (C=O) groups is 1. The first-order valence-corrected chi connectivity index (χ1v) is 9.40. The molecule has 0 fully saturated rings. The van der Waals surface area contributed by atoms with Crippen molar-refractivity contribution in [2.45, 2.75) is 18.7 Å². The maximum atomic E-state index is 12.2. The summed E-state index contributed by atoms with van der Waals surface area (Å²) in [6.45, 7) is 3.55. The molecule has 2 aromatic rings. The molecular formula is C17H19ClN2O4S. The lowest BCUT2D eigenvalue weighted by Gasteiger charge is -2.10. The molecule has 134 valence electrons. The maximum Gasteiger partial charge on any atom is 0.240 e. The van der Waals surface area contributed by atoms with Gasteiger partial charge in [-0.25, -0.2) is 13.1 Å². The highest BCUT2D eigenvalue weighted by Crippen LogP contribution is 2.21. The van der Waals surface area contributed by atoms with Crippen LogP contribution in [0, 0.1) is 6.92 Å². The van der Waals surface area contributed by atoms with Crippen molar-refractivity contribution < 1.29 is 17.9 Å². The average molecular weight is 383 g/mol. The molecule has 2 N–H and O–H groups in total. The normalized spacial score (nSPS) is 11.2. The first-order chi connectivity index (χ1) is 11.8.